The zero-order chi connectivity index (χ0) is 13.8. The quantitative estimate of drug-likeness (QED) is 0.897. The van der Waals surface area contributed by atoms with E-state index in [1.165, 1.54) is 12.1 Å². The van der Waals surface area contributed by atoms with E-state index in [1.54, 1.807) is 12.1 Å². The van der Waals surface area contributed by atoms with Crippen LogP contribution in [-0.2, 0) is 6.54 Å². The third-order valence-corrected chi connectivity index (χ3v) is 2.85. The van der Waals surface area contributed by atoms with Crippen LogP contribution in [-0.4, -0.2) is 5.91 Å². The van der Waals surface area contributed by atoms with Gasteiger partial charge in [-0.2, -0.15) is 0 Å². The van der Waals surface area contributed by atoms with Crippen molar-refractivity contribution < 1.29 is 9.18 Å². The first-order valence-electron chi connectivity index (χ1n) is 6.15. The monoisotopic (exact) mass is 257 g/mol. The molecule has 0 saturated carbocycles. The summed E-state index contributed by atoms with van der Waals surface area (Å²) >= 11 is 0. The lowest BCUT2D eigenvalue weighted by Gasteiger charge is -2.07. The molecule has 0 radical (unpaired) electrons. The predicted molar refractivity (Wildman–Crippen MR) is 73.5 cm³/mol. The second-order valence-electron chi connectivity index (χ2n) is 4.69. The Balaban J connectivity index is 2.03. The fourth-order valence-electron chi connectivity index (χ4n) is 1.99. The molecular formula is C16H16FNO. The first-order valence-corrected chi connectivity index (χ1v) is 6.15. The average Bonchev–Trinajstić information content (AvgIpc) is 2.36. The van der Waals surface area contributed by atoms with Crippen LogP contribution in [0.5, 0.6) is 0 Å². The summed E-state index contributed by atoms with van der Waals surface area (Å²) in [6.07, 6.45) is 0. The minimum atomic E-state index is -0.274. The molecule has 19 heavy (non-hydrogen) atoms. The number of carbonyl (C=O) groups excluding carboxylic acids is 1. The molecule has 2 aromatic rings. The number of carbonyl (C=O) groups is 1. The van der Waals surface area contributed by atoms with Gasteiger partial charge >= 0.3 is 0 Å². The zero-order valence-electron chi connectivity index (χ0n) is 11.0. The molecule has 0 aliphatic rings. The van der Waals surface area contributed by atoms with Gasteiger partial charge in [-0.15, -0.1) is 0 Å². The molecule has 1 amide bonds. The molecule has 2 aromatic carbocycles. The third-order valence-electron chi connectivity index (χ3n) is 2.85. The molecule has 0 aliphatic carbocycles. The highest BCUT2D eigenvalue weighted by atomic mass is 19.1. The van der Waals surface area contributed by atoms with Crippen LogP contribution in [0.25, 0.3) is 0 Å². The van der Waals surface area contributed by atoms with Crippen LogP contribution in [0.15, 0.2) is 42.5 Å². The van der Waals surface area contributed by atoms with Crippen LogP contribution in [0.3, 0.4) is 0 Å². The highest BCUT2D eigenvalue weighted by Gasteiger charge is 2.06. The Bertz CT molecular complexity index is 570. The first kappa shape index (κ1) is 13.3. The number of nitrogens with one attached hydrogen (secondary N) is 1. The molecule has 98 valence electrons. The van der Waals surface area contributed by atoms with E-state index in [9.17, 15) is 9.18 Å². The second kappa shape index (κ2) is 5.65. The molecule has 1 N–H and O–H groups in total. The largest absolute Gasteiger partial charge is 0.348 e. The number of amides is 1. The highest BCUT2D eigenvalue weighted by molar-refractivity contribution is 5.94. The summed E-state index contributed by atoms with van der Waals surface area (Å²) in [4.78, 5) is 12.0. The number of halogens is 1. The van der Waals surface area contributed by atoms with E-state index in [0.717, 1.165) is 16.7 Å². The van der Waals surface area contributed by atoms with Crippen LogP contribution in [0.1, 0.15) is 27.0 Å². The summed E-state index contributed by atoms with van der Waals surface area (Å²) in [6, 6.07) is 11.8. The molecule has 0 spiro atoms. The van der Waals surface area contributed by atoms with Crippen LogP contribution in [0, 0.1) is 19.7 Å². The van der Waals surface area contributed by atoms with Gasteiger partial charge in [0.2, 0.25) is 0 Å². The zero-order valence-corrected chi connectivity index (χ0v) is 11.0. The van der Waals surface area contributed by atoms with Gasteiger partial charge < -0.3 is 5.32 Å². The van der Waals surface area contributed by atoms with Crippen molar-refractivity contribution in [3.05, 3.63) is 70.5 Å². The fourth-order valence-corrected chi connectivity index (χ4v) is 1.99. The normalized spacial score (nSPS) is 10.3. The fraction of sp³-hybridized carbons (Fsp3) is 0.188. The lowest BCUT2D eigenvalue weighted by Crippen LogP contribution is -2.22. The van der Waals surface area contributed by atoms with Gasteiger partial charge in [-0.25, -0.2) is 4.39 Å². The molecule has 0 heterocycles. The Morgan fingerprint density at radius 3 is 2.21 bits per heavy atom. The highest BCUT2D eigenvalue weighted by Crippen LogP contribution is 2.09. The maximum atomic E-state index is 12.8. The molecule has 0 bridgehead atoms. The van der Waals surface area contributed by atoms with Crippen molar-refractivity contribution in [2.45, 2.75) is 20.4 Å². The number of aryl methyl sites for hydroxylation is 2. The van der Waals surface area contributed by atoms with Gasteiger partial charge in [0, 0.05) is 12.1 Å². The summed E-state index contributed by atoms with van der Waals surface area (Å²) in [7, 11) is 0. The van der Waals surface area contributed by atoms with E-state index >= 15 is 0 Å². The van der Waals surface area contributed by atoms with E-state index in [-0.39, 0.29) is 11.7 Å². The molecule has 0 aliphatic heterocycles. The lowest BCUT2D eigenvalue weighted by molar-refractivity contribution is 0.0950. The summed E-state index contributed by atoms with van der Waals surface area (Å²) < 4.78 is 12.8. The molecule has 3 heteroatoms. The average molecular weight is 257 g/mol. The standard InChI is InChI=1S/C16H16FNO/c1-11-7-12(2)9-14(8-11)16(19)18-10-13-3-5-15(17)6-4-13/h3-9H,10H2,1-2H3,(H,18,19). The van der Waals surface area contributed by atoms with Gasteiger partial charge in [0.1, 0.15) is 5.82 Å². The van der Waals surface area contributed by atoms with E-state index in [1.807, 2.05) is 32.0 Å². The Morgan fingerprint density at radius 2 is 1.63 bits per heavy atom. The van der Waals surface area contributed by atoms with Crippen molar-refractivity contribution in [1.82, 2.24) is 5.32 Å². The van der Waals surface area contributed by atoms with Gasteiger partial charge in [-0.3, -0.25) is 4.79 Å². The predicted octanol–water partition coefficient (Wildman–Crippen LogP) is 3.37. The van der Waals surface area contributed by atoms with E-state index in [4.69, 9.17) is 0 Å². The molecule has 0 fully saturated rings. The third kappa shape index (κ3) is 3.65. The summed E-state index contributed by atoms with van der Waals surface area (Å²) in [5.74, 6) is -0.388. The number of hydrogen-bond donors (Lipinski definition) is 1. The summed E-state index contributed by atoms with van der Waals surface area (Å²) in [5, 5.41) is 2.83. The Labute approximate surface area is 112 Å². The van der Waals surface area contributed by atoms with Gasteiger partial charge in [-0.1, -0.05) is 29.3 Å². The van der Waals surface area contributed by atoms with Crippen molar-refractivity contribution in [2.75, 3.05) is 0 Å². The minimum absolute atomic E-state index is 0.115. The van der Waals surface area contributed by atoms with Gasteiger partial charge in [0.05, 0.1) is 0 Å². The van der Waals surface area contributed by atoms with Gasteiger partial charge in [0.25, 0.3) is 5.91 Å². The Morgan fingerprint density at radius 1 is 1.05 bits per heavy atom. The molecule has 2 rings (SSSR count). The van der Waals surface area contributed by atoms with Crippen molar-refractivity contribution in [3.63, 3.8) is 0 Å². The van der Waals surface area contributed by atoms with Crippen molar-refractivity contribution in [1.29, 1.82) is 0 Å². The number of hydrogen-bond acceptors (Lipinski definition) is 1. The van der Waals surface area contributed by atoms with E-state index in [2.05, 4.69) is 5.32 Å². The Kier molecular flexibility index (Phi) is 3.95. The SMILES string of the molecule is Cc1cc(C)cc(C(=O)NCc2ccc(F)cc2)c1. The van der Waals surface area contributed by atoms with E-state index < -0.39 is 0 Å². The smallest absolute Gasteiger partial charge is 0.251 e. The number of rotatable bonds is 3. The lowest BCUT2D eigenvalue weighted by atomic mass is 10.1. The van der Waals surface area contributed by atoms with Gasteiger partial charge in [0.15, 0.2) is 0 Å². The van der Waals surface area contributed by atoms with E-state index in [0.29, 0.717) is 12.1 Å². The van der Waals surface area contributed by atoms with Crippen LogP contribution >= 0.6 is 0 Å². The molecule has 0 saturated heterocycles. The molecule has 2 nitrogen and oxygen atoms in total. The van der Waals surface area contributed by atoms with Crippen LogP contribution in [0.4, 0.5) is 4.39 Å². The molecule has 0 atom stereocenters. The van der Waals surface area contributed by atoms with Gasteiger partial charge in [-0.05, 0) is 43.7 Å². The topological polar surface area (TPSA) is 29.1 Å². The molecular weight excluding hydrogens is 241 g/mol. The van der Waals surface area contributed by atoms with Crippen LogP contribution < -0.4 is 5.32 Å². The molecule has 0 unspecified atom stereocenters. The minimum Gasteiger partial charge on any atom is -0.348 e. The molecule has 0 aromatic heterocycles. The second-order valence-corrected chi connectivity index (χ2v) is 4.69. The van der Waals surface area contributed by atoms with Crippen molar-refractivity contribution >= 4 is 5.91 Å². The summed E-state index contributed by atoms with van der Waals surface area (Å²) in [5.41, 5.74) is 3.65. The maximum Gasteiger partial charge on any atom is 0.251 e. The van der Waals surface area contributed by atoms with Crippen molar-refractivity contribution in [3.8, 4) is 0 Å². The number of benzene rings is 2. The van der Waals surface area contributed by atoms with Crippen molar-refractivity contribution in [2.24, 2.45) is 0 Å². The van der Waals surface area contributed by atoms with Crippen LogP contribution in [0.2, 0.25) is 0 Å². The maximum absolute atomic E-state index is 12.8. The Hall–Kier alpha value is -2.16. The summed E-state index contributed by atoms with van der Waals surface area (Å²) in [6.45, 7) is 4.32. The first-order chi connectivity index (χ1) is 9.04.